The number of methoxy groups -OCH3 is 1. The highest BCUT2D eigenvalue weighted by Crippen LogP contribution is 2.45. The zero-order valence-electron chi connectivity index (χ0n) is 20.2. The van der Waals surface area contributed by atoms with Crippen LogP contribution in [0.15, 0.2) is 54.7 Å². The van der Waals surface area contributed by atoms with Gasteiger partial charge in [-0.3, -0.25) is 4.79 Å². The zero-order chi connectivity index (χ0) is 24.7. The first-order valence-electron chi connectivity index (χ1n) is 12.4. The Kier molecular flexibility index (Phi) is 5.84. The van der Waals surface area contributed by atoms with Crippen LogP contribution in [0.2, 0.25) is 0 Å². The number of nitrogens with zero attached hydrogens (tertiary/aromatic N) is 2. The molecule has 1 atom stereocenters. The van der Waals surface area contributed by atoms with E-state index in [2.05, 4.69) is 4.57 Å². The van der Waals surface area contributed by atoms with Crippen molar-refractivity contribution < 1.29 is 28.1 Å². The van der Waals surface area contributed by atoms with E-state index >= 15 is 0 Å². The SMILES string of the molecule is COc1cc(C(=O)N2CCC3(CC2)Oc2cc(F)ccc2-n2cccc23)ccc1OCC1CCCO1. The molecule has 0 radical (unpaired) electrons. The molecule has 1 aromatic heterocycles. The topological polar surface area (TPSA) is 62.2 Å². The fourth-order valence-electron chi connectivity index (χ4n) is 5.48. The molecule has 4 heterocycles. The molecule has 3 aliphatic rings. The van der Waals surface area contributed by atoms with Crippen LogP contribution in [0.1, 0.15) is 41.7 Å². The summed E-state index contributed by atoms with van der Waals surface area (Å²) in [5, 5.41) is 0. The number of piperidine rings is 1. The van der Waals surface area contributed by atoms with Gasteiger partial charge in [0.1, 0.15) is 18.2 Å². The summed E-state index contributed by atoms with van der Waals surface area (Å²) in [6.07, 6.45) is 5.34. The van der Waals surface area contributed by atoms with E-state index in [4.69, 9.17) is 18.9 Å². The van der Waals surface area contributed by atoms with Crippen molar-refractivity contribution >= 4 is 5.91 Å². The van der Waals surface area contributed by atoms with Gasteiger partial charge in [-0.2, -0.15) is 0 Å². The van der Waals surface area contributed by atoms with Gasteiger partial charge in [-0.1, -0.05) is 0 Å². The van der Waals surface area contributed by atoms with Gasteiger partial charge in [-0.15, -0.1) is 0 Å². The summed E-state index contributed by atoms with van der Waals surface area (Å²) in [5.74, 6) is 1.27. The Balaban J connectivity index is 1.16. The van der Waals surface area contributed by atoms with E-state index in [1.807, 2.05) is 23.2 Å². The first-order valence-corrected chi connectivity index (χ1v) is 12.4. The van der Waals surface area contributed by atoms with Crippen molar-refractivity contribution in [1.29, 1.82) is 0 Å². The molecule has 188 valence electrons. The number of hydrogen-bond donors (Lipinski definition) is 0. The molecule has 0 saturated carbocycles. The molecule has 2 aromatic carbocycles. The lowest BCUT2D eigenvalue weighted by Crippen LogP contribution is -2.50. The van der Waals surface area contributed by atoms with Crippen LogP contribution in [0.25, 0.3) is 5.69 Å². The van der Waals surface area contributed by atoms with E-state index in [0.717, 1.165) is 30.8 Å². The molecule has 8 heteroatoms. The van der Waals surface area contributed by atoms with Gasteiger partial charge in [0.25, 0.3) is 5.91 Å². The highest BCUT2D eigenvalue weighted by molar-refractivity contribution is 5.95. The Morgan fingerprint density at radius 3 is 2.78 bits per heavy atom. The number of fused-ring (bicyclic) bond motifs is 4. The van der Waals surface area contributed by atoms with E-state index in [1.165, 1.54) is 12.1 Å². The Hall–Kier alpha value is -3.52. The molecule has 0 bridgehead atoms. The lowest BCUT2D eigenvalue weighted by Gasteiger charge is -2.45. The van der Waals surface area contributed by atoms with Crippen molar-refractivity contribution in [2.24, 2.45) is 0 Å². The van der Waals surface area contributed by atoms with Gasteiger partial charge in [0.15, 0.2) is 17.1 Å². The van der Waals surface area contributed by atoms with Gasteiger partial charge < -0.3 is 28.4 Å². The second-order valence-electron chi connectivity index (χ2n) is 9.58. The van der Waals surface area contributed by atoms with Crippen molar-refractivity contribution in [3.8, 4) is 22.9 Å². The molecule has 3 aliphatic heterocycles. The normalized spacial score (nSPS) is 19.9. The molecule has 0 aliphatic carbocycles. The molecule has 2 saturated heterocycles. The van der Waals surface area contributed by atoms with Crippen LogP contribution in [-0.4, -0.2) is 54.9 Å². The second kappa shape index (κ2) is 9.17. The van der Waals surface area contributed by atoms with Crippen LogP contribution < -0.4 is 14.2 Å². The molecular formula is C28H29FN2O5. The van der Waals surface area contributed by atoms with Crippen molar-refractivity contribution in [1.82, 2.24) is 9.47 Å². The van der Waals surface area contributed by atoms with Gasteiger partial charge >= 0.3 is 0 Å². The molecule has 0 N–H and O–H groups in total. The monoisotopic (exact) mass is 492 g/mol. The minimum Gasteiger partial charge on any atom is -0.493 e. The van der Waals surface area contributed by atoms with Gasteiger partial charge in [0.05, 0.1) is 24.6 Å². The number of carbonyl (C=O) groups excluding carboxylic acids is 1. The van der Waals surface area contributed by atoms with Crippen LogP contribution >= 0.6 is 0 Å². The summed E-state index contributed by atoms with van der Waals surface area (Å²) in [4.78, 5) is 15.2. The predicted octanol–water partition coefficient (Wildman–Crippen LogP) is 4.71. The van der Waals surface area contributed by atoms with Crippen molar-refractivity contribution in [2.75, 3.05) is 33.4 Å². The van der Waals surface area contributed by atoms with Gasteiger partial charge in [-0.05, 0) is 55.3 Å². The molecule has 1 unspecified atom stereocenters. The third-order valence-electron chi connectivity index (χ3n) is 7.42. The molecule has 3 aromatic rings. The summed E-state index contributed by atoms with van der Waals surface area (Å²) < 4.78 is 39.5. The second-order valence-corrected chi connectivity index (χ2v) is 9.58. The average Bonchev–Trinajstić information content (AvgIpc) is 3.60. The first-order chi connectivity index (χ1) is 17.6. The van der Waals surface area contributed by atoms with Crippen LogP contribution in [0, 0.1) is 5.82 Å². The Morgan fingerprint density at radius 2 is 2.00 bits per heavy atom. The molecule has 1 amide bonds. The zero-order valence-corrected chi connectivity index (χ0v) is 20.2. The van der Waals surface area contributed by atoms with Crippen LogP contribution in [0.3, 0.4) is 0 Å². The van der Waals surface area contributed by atoms with Crippen LogP contribution in [0.5, 0.6) is 17.2 Å². The van der Waals surface area contributed by atoms with E-state index < -0.39 is 5.60 Å². The maximum Gasteiger partial charge on any atom is 0.253 e. The predicted molar refractivity (Wildman–Crippen MR) is 131 cm³/mol. The fourth-order valence-corrected chi connectivity index (χ4v) is 5.48. The standard InChI is InChI=1S/C28H29FN2O5/c1-33-25-16-19(6-9-23(25)35-18-21-4-3-15-34-21)27(32)30-13-10-28(11-14-30)26-5-2-12-31(26)22-8-7-20(29)17-24(22)36-28/h2,5-9,12,16-17,21H,3-4,10-11,13-15,18H2,1H3. The van der Waals surface area contributed by atoms with Crippen molar-refractivity contribution in [2.45, 2.75) is 37.4 Å². The maximum absolute atomic E-state index is 14.0. The molecular weight excluding hydrogens is 463 g/mol. The number of likely N-dealkylation sites (tertiary alicyclic amines) is 1. The van der Waals surface area contributed by atoms with E-state index in [-0.39, 0.29) is 17.8 Å². The average molecular weight is 493 g/mol. The van der Waals surface area contributed by atoms with Crippen LogP contribution in [0.4, 0.5) is 4.39 Å². The number of hydrogen-bond acceptors (Lipinski definition) is 5. The minimum atomic E-state index is -0.598. The smallest absolute Gasteiger partial charge is 0.253 e. The third kappa shape index (κ3) is 3.99. The van der Waals surface area contributed by atoms with Gasteiger partial charge in [0.2, 0.25) is 0 Å². The molecule has 1 spiro atoms. The summed E-state index contributed by atoms with van der Waals surface area (Å²) in [5.41, 5.74) is 1.81. The lowest BCUT2D eigenvalue weighted by atomic mass is 9.86. The summed E-state index contributed by atoms with van der Waals surface area (Å²) in [6, 6.07) is 13.9. The number of ether oxygens (including phenoxy) is 4. The first kappa shape index (κ1) is 22.9. The van der Waals surface area contributed by atoms with E-state index in [0.29, 0.717) is 55.4 Å². The highest BCUT2D eigenvalue weighted by atomic mass is 19.1. The molecule has 6 rings (SSSR count). The third-order valence-corrected chi connectivity index (χ3v) is 7.42. The van der Waals surface area contributed by atoms with Crippen LogP contribution in [-0.2, 0) is 10.3 Å². The maximum atomic E-state index is 14.0. The lowest BCUT2D eigenvalue weighted by molar-refractivity contribution is -0.00951. The summed E-state index contributed by atoms with van der Waals surface area (Å²) >= 11 is 0. The number of benzene rings is 2. The number of carbonyl (C=O) groups is 1. The summed E-state index contributed by atoms with van der Waals surface area (Å²) in [6.45, 7) is 2.28. The largest absolute Gasteiger partial charge is 0.493 e. The van der Waals surface area contributed by atoms with E-state index in [9.17, 15) is 9.18 Å². The van der Waals surface area contributed by atoms with Crippen molar-refractivity contribution in [3.05, 3.63) is 71.8 Å². The molecule has 7 nitrogen and oxygen atoms in total. The number of rotatable bonds is 5. The van der Waals surface area contributed by atoms with Crippen molar-refractivity contribution in [3.63, 3.8) is 0 Å². The van der Waals surface area contributed by atoms with E-state index in [1.54, 1.807) is 31.4 Å². The Bertz CT molecular complexity index is 1270. The number of amides is 1. The van der Waals surface area contributed by atoms with Gasteiger partial charge in [-0.25, -0.2) is 4.39 Å². The highest BCUT2D eigenvalue weighted by Gasteiger charge is 2.44. The Morgan fingerprint density at radius 1 is 1.14 bits per heavy atom. The minimum absolute atomic E-state index is 0.0635. The summed E-state index contributed by atoms with van der Waals surface area (Å²) in [7, 11) is 1.57. The quantitative estimate of drug-likeness (QED) is 0.517. The number of aromatic nitrogens is 1. The van der Waals surface area contributed by atoms with Gasteiger partial charge in [0, 0.05) is 50.4 Å². The molecule has 2 fully saturated rings. The fraction of sp³-hybridized carbons (Fsp3) is 0.393. The number of halogens is 1. The Labute approximate surface area is 209 Å². The molecule has 36 heavy (non-hydrogen) atoms.